The molecule has 0 spiro atoms. The maximum atomic E-state index is 10.7. The molecular formula is C17H23N3O. The lowest BCUT2D eigenvalue weighted by Crippen LogP contribution is -2.41. The molecule has 21 heavy (non-hydrogen) atoms. The highest BCUT2D eigenvalue weighted by atomic mass is 16.3. The summed E-state index contributed by atoms with van der Waals surface area (Å²) in [6.45, 7) is 2.80. The number of hydrogen-bond donors (Lipinski definition) is 3. The van der Waals surface area contributed by atoms with Crippen molar-refractivity contribution in [1.82, 2.24) is 4.98 Å². The third-order valence-corrected chi connectivity index (χ3v) is 4.44. The molecule has 2 aromatic rings. The van der Waals surface area contributed by atoms with Crippen LogP contribution in [0.1, 0.15) is 32.6 Å². The van der Waals surface area contributed by atoms with Crippen molar-refractivity contribution in [3.8, 4) is 0 Å². The number of pyridine rings is 1. The minimum atomic E-state index is -0.596. The Balaban J connectivity index is 1.79. The summed E-state index contributed by atoms with van der Waals surface area (Å²) < 4.78 is 0. The van der Waals surface area contributed by atoms with Gasteiger partial charge in [0.15, 0.2) is 0 Å². The number of rotatable bonds is 3. The molecule has 1 saturated carbocycles. The van der Waals surface area contributed by atoms with Gasteiger partial charge in [-0.15, -0.1) is 0 Å². The lowest BCUT2D eigenvalue weighted by atomic mass is 9.79. The van der Waals surface area contributed by atoms with Gasteiger partial charge in [0.25, 0.3) is 0 Å². The average Bonchev–Trinajstić information content (AvgIpc) is 2.44. The van der Waals surface area contributed by atoms with Crippen LogP contribution in [-0.2, 0) is 0 Å². The zero-order chi connectivity index (χ0) is 14.9. The first-order chi connectivity index (χ1) is 10.1. The summed E-state index contributed by atoms with van der Waals surface area (Å²) in [7, 11) is 0. The van der Waals surface area contributed by atoms with E-state index in [9.17, 15) is 5.11 Å². The van der Waals surface area contributed by atoms with Crippen LogP contribution in [0.3, 0.4) is 0 Å². The van der Waals surface area contributed by atoms with Crippen LogP contribution in [0, 0.1) is 5.92 Å². The molecule has 112 valence electrons. The molecule has 0 amide bonds. The van der Waals surface area contributed by atoms with Crippen LogP contribution < -0.4 is 11.1 Å². The first-order valence-electron chi connectivity index (χ1n) is 7.66. The second-order valence-electron chi connectivity index (χ2n) is 6.41. The Morgan fingerprint density at radius 2 is 2.29 bits per heavy atom. The molecule has 1 aliphatic rings. The minimum Gasteiger partial charge on any atom is -0.399 e. The van der Waals surface area contributed by atoms with Crippen LogP contribution in [0.5, 0.6) is 0 Å². The van der Waals surface area contributed by atoms with Crippen molar-refractivity contribution >= 4 is 22.3 Å². The Labute approximate surface area is 125 Å². The lowest BCUT2D eigenvalue weighted by Gasteiger charge is -2.36. The van der Waals surface area contributed by atoms with Crippen molar-refractivity contribution in [2.45, 2.75) is 38.2 Å². The van der Waals surface area contributed by atoms with E-state index in [0.717, 1.165) is 35.9 Å². The molecule has 0 bridgehead atoms. The number of fused-ring (bicyclic) bond motifs is 1. The highest BCUT2D eigenvalue weighted by molar-refractivity contribution is 5.92. The Bertz CT molecular complexity index is 643. The standard InChI is InChI=1S/C17H23N3O/c1-12-3-2-7-17(21,10-12)11-20-15-6-8-19-16-9-13(18)4-5-14(15)16/h4-6,8-9,12,21H,2-3,7,10-11,18H2,1H3,(H,19,20). The molecule has 0 saturated heterocycles. The smallest absolute Gasteiger partial charge is 0.0821 e. The molecule has 4 N–H and O–H groups in total. The quantitative estimate of drug-likeness (QED) is 0.757. The number of nitrogens with zero attached hydrogens (tertiary/aromatic N) is 1. The maximum absolute atomic E-state index is 10.7. The number of hydrogen-bond acceptors (Lipinski definition) is 4. The second-order valence-corrected chi connectivity index (χ2v) is 6.41. The maximum Gasteiger partial charge on any atom is 0.0821 e. The SMILES string of the molecule is CC1CCCC(O)(CNc2ccnc3cc(N)ccc23)C1. The number of benzene rings is 1. The summed E-state index contributed by atoms with van der Waals surface area (Å²) in [5, 5.41) is 15.2. The van der Waals surface area contributed by atoms with Crippen LogP contribution >= 0.6 is 0 Å². The second kappa shape index (κ2) is 5.53. The largest absolute Gasteiger partial charge is 0.399 e. The van der Waals surface area contributed by atoms with Crippen molar-refractivity contribution in [2.75, 3.05) is 17.6 Å². The zero-order valence-corrected chi connectivity index (χ0v) is 12.5. The van der Waals surface area contributed by atoms with Gasteiger partial charge in [-0.2, -0.15) is 0 Å². The fourth-order valence-electron chi connectivity index (χ4n) is 3.37. The molecule has 1 aliphatic carbocycles. The van der Waals surface area contributed by atoms with Gasteiger partial charge in [0.1, 0.15) is 0 Å². The van der Waals surface area contributed by atoms with Gasteiger partial charge in [-0.1, -0.05) is 19.8 Å². The van der Waals surface area contributed by atoms with Crippen LogP contribution in [0.15, 0.2) is 30.5 Å². The highest BCUT2D eigenvalue weighted by Gasteiger charge is 2.32. The summed E-state index contributed by atoms with van der Waals surface area (Å²) in [5.41, 5.74) is 7.80. The predicted molar refractivity (Wildman–Crippen MR) is 87.2 cm³/mol. The van der Waals surface area contributed by atoms with E-state index in [1.807, 2.05) is 24.3 Å². The molecule has 1 fully saturated rings. The van der Waals surface area contributed by atoms with Gasteiger partial charge in [0.05, 0.1) is 11.1 Å². The summed E-state index contributed by atoms with van der Waals surface area (Å²) >= 11 is 0. The van der Waals surface area contributed by atoms with E-state index in [-0.39, 0.29) is 0 Å². The number of anilines is 2. The molecule has 3 rings (SSSR count). The van der Waals surface area contributed by atoms with Crippen molar-refractivity contribution in [2.24, 2.45) is 5.92 Å². The van der Waals surface area contributed by atoms with Crippen LogP contribution in [0.25, 0.3) is 10.9 Å². The van der Waals surface area contributed by atoms with E-state index >= 15 is 0 Å². The summed E-state index contributed by atoms with van der Waals surface area (Å²) in [6.07, 6.45) is 5.85. The van der Waals surface area contributed by atoms with E-state index < -0.39 is 5.60 Å². The third-order valence-electron chi connectivity index (χ3n) is 4.44. The number of nitrogens with one attached hydrogen (secondary N) is 1. The molecule has 2 atom stereocenters. The highest BCUT2D eigenvalue weighted by Crippen LogP contribution is 2.33. The van der Waals surface area contributed by atoms with Crippen LogP contribution in [-0.4, -0.2) is 22.2 Å². The number of nitrogens with two attached hydrogens (primary N) is 1. The average molecular weight is 285 g/mol. The van der Waals surface area contributed by atoms with E-state index in [0.29, 0.717) is 18.2 Å². The molecule has 4 nitrogen and oxygen atoms in total. The monoisotopic (exact) mass is 285 g/mol. The molecule has 2 unspecified atom stereocenters. The van der Waals surface area contributed by atoms with Gasteiger partial charge in [0.2, 0.25) is 0 Å². The fraction of sp³-hybridized carbons (Fsp3) is 0.471. The molecule has 1 heterocycles. The van der Waals surface area contributed by atoms with Gasteiger partial charge in [-0.3, -0.25) is 4.98 Å². The van der Waals surface area contributed by atoms with Gasteiger partial charge in [-0.05, 0) is 43.0 Å². The first-order valence-corrected chi connectivity index (χ1v) is 7.66. The molecular weight excluding hydrogens is 262 g/mol. The summed E-state index contributed by atoms with van der Waals surface area (Å²) in [5.74, 6) is 0.597. The molecule has 1 aromatic heterocycles. The Hall–Kier alpha value is -1.81. The van der Waals surface area contributed by atoms with E-state index in [4.69, 9.17) is 5.73 Å². The van der Waals surface area contributed by atoms with Gasteiger partial charge < -0.3 is 16.2 Å². The fourth-order valence-corrected chi connectivity index (χ4v) is 3.37. The lowest BCUT2D eigenvalue weighted by molar-refractivity contribution is -0.000739. The van der Waals surface area contributed by atoms with Gasteiger partial charge >= 0.3 is 0 Å². The van der Waals surface area contributed by atoms with E-state index in [2.05, 4.69) is 17.2 Å². The molecule has 4 heteroatoms. The minimum absolute atomic E-state index is 0.584. The van der Waals surface area contributed by atoms with E-state index in [1.54, 1.807) is 6.20 Å². The Morgan fingerprint density at radius 3 is 3.10 bits per heavy atom. The molecule has 0 aliphatic heterocycles. The number of nitrogen functional groups attached to an aromatic ring is 1. The topological polar surface area (TPSA) is 71.2 Å². The van der Waals surface area contributed by atoms with Crippen molar-refractivity contribution < 1.29 is 5.11 Å². The van der Waals surface area contributed by atoms with Crippen molar-refractivity contribution in [3.05, 3.63) is 30.5 Å². The van der Waals surface area contributed by atoms with E-state index in [1.165, 1.54) is 6.42 Å². The van der Waals surface area contributed by atoms with Crippen LogP contribution in [0.4, 0.5) is 11.4 Å². The van der Waals surface area contributed by atoms with Gasteiger partial charge in [0, 0.05) is 29.5 Å². The molecule has 1 aromatic carbocycles. The predicted octanol–water partition coefficient (Wildman–Crippen LogP) is 3.17. The first kappa shape index (κ1) is 14.1. The van der Waals surface area contributed by atoms with Gasteiger partial charge in [-0.25, -0.2) is 0 Å². The molecule has 0 radical (unpaired) electrons. The van der Waals surface area contributed by atoms with Crippen LogP contribution in [0.2, 0.25) is 0 Å². The normalized spacial score (nSPS) is 25.9. The zero-order valence-electron chi connectivity index (χ0n) is 12.5. The number of aromatic nitrogens is 1. The Morgan fingerprint density at radius 1 is 1.43 bits per heavy atom. The van der Waals surface area contributed by atoms with Crippen molar-refractivity contribution in [1.29, 1.82) is 0 Å². The number of aliphatic hydroxyl groups is 1. The summed E-state index contributed by atoms with van der Waals surface area (Å²) in [6, 6.07) is 7.69. The van der Waals surface area contributed by atoms with Crippen molar-refractivity contribution in [3.63, 3.8) is 0 Å². The summed E-state index contributed by atoms with van der Waals surface area (Å²) in [4.78, 5) is 4.34. The Kier molecular flexibility index (Phi) is 3.72. The third kappa shape index (κ3) is 3.10.